The minimum atomic E-state index is -0.799. The molecule has 0 aliphatic carbocycles. The highest BCUT2D eigenvalue weighted by molar-refractivity contribution is 8.01. The van der Waals surface area contributed by atoms with Gasteiger partial charge in [0.15, 0.2) is 0 Å². The van der Waals surface area contributed by atoms with Crippen molar-refractivity contribution in [2.75, 3.05) is 18.6 Å². The van der Waals surface area contributed by atoms with Crippen LogP contribution in [-0.4, -0.2) is 28.5 Å². The van der Waals surface area contributed by atoms with E-state index in [1.54, 1.807) is 5.01 Å². The van der Waals surface area contributed by atoms with Gasteiger partial charge in [0, 0.05) is 23.9 Å². The molecule has 1 N–H and O–H groups in total. The maximum atomic E-state index is 6.67. The van der Waals surface area contributed by atoms with Gasteiger partial charge >= 0.3 is 0 Å². The Hall–Kier alpha value is -1.65. The molecule has 0 saturated heterocycles. The standard InChI is InChI=1S/C16H16ClN3S/c1-20-16(17,21-2)18-14-11-7-6-10-13(14)15(19-20)12-8-4-3-5-9-12/h3-11,18H,1-2H3. The molecule has 0 spiro atoms. The summed E-state index contributed by atoms with van der Waals surface area (Å²) in [5.41, 5.74) is 4.01. The molecule has 3 rings (SSSR count). The number of fused-ring (bicyclic) bond motifs is 1. The Morgan fingerprint density at radius 2 is 1.76 bits per heavy atom. The molecule has 108 valence electrons. The summed E-state index contributed by atoms with van der Waals surface area (Å²) in [5, 5.41) is 9.89. The summed E-state index contributed by atoms with van der Waals surface area (Å²) in [6, 6.07) is 18.3. The van der Waals surface area contributed by atoms with Crippen molar-refractivity contribution < 1.29 is 0 Å². The van der Waals surface area contributed by atoms with Crippen molar-refractivity contribution in [3.8, 4) is 0 Å². The maximum Gasteiger partial charge on any atom is 0.252 e. The molecule has 1 atom stereocenters. The fourth-order valence-electron chi connectivity index (χ4n) is 2.31. The van der Waals surface area contributed by atoms with E-state index >= 15 is 0 Å². The van der Waals surface area contributed by atoms with Crippen molar-refractivity contribution in [3.63, 3.8) is 0 Å². The minimum absolute atomic E-state index is 0.799. The van der Waals surface area contributed by atoms with Gasteiger partial charge in [-0.15, -0.1) is 0 Å². The molecular weight excluding hydrogens is 302 g/mol. The Morgan fingerprint density at radius 3 is 2.48 bits per heavy atom. The number of para-hydroxylation sites is 1. The molecule has 0 aromatic heterocycles. The summed E-state index contributed by atoms with van der Waals surface area (Å²) in [6.45, 7) is 0. The molecule has 1 heterocycles. The van der Waals surface area contributed by atoms with Gasteiger partial charge in [0.25, 0.3) is 4.45 Å². The summed E-state index contributed by atoms with van der Waals surface area (Å²) < 4.78 is -0.799. The lowest BCUT2D eigenvalue weighted by Gasteiger charge is -2.32. The van der Waals surface area contributed by atoms with Gasteiger partial charge in [-0.3, -0.25) is 5.01 Å². The van der Waals surface area contributed by atoms with Crippen molar-refractivity contribution in [2.45, 2.75) is 4.45 Å². The van der Waals surface area contributed by atoms with E-state index in [4.69, 9.17) is 16.7 Å². The van der Waals surface area contributed by atoms with E-state index in [-0.39, 0.29) is 0 Å². The predicted octanol–water partition coefficient (Wildman–Crippen LogP) is 4.01. The van der Waals surface area contributed by atoms with Gasteiger partial charge in [0.2, 0.25) is 0 Å². The van der Waals surface area contributed by atoms with Crippen molar-refractivity contribution in [1.29, 1.82) is 0 Å². The van der Waals surface area contributed by atoms with Crippen LogP contribution in [0.1, 0.15) is 11.1 Å². The van der Waals surface area contributed by atoms with Crippen LogP contribution >= 0.6 is 23.4 Å². The normalized spacial score (nSPS) is 21.1. The average Bonchev–Trinajstić information content (AvgIpc) is 2.64. The van der Waals surface area contributed by atoms with Crippen LogP contribution in [0.25, 0.3) is 0 Å². The van der Waals surface area contributed by atoms with Crippen LogP contribution in [0.4, 0.5) is 5.69 Å². The van der Waals surface area contributed by atoms with Gasteiger partial charge in [-0.2, -0.15) is 5.10 Å². The third-order valence-electron chi connectivity index (χ3n) is 3.45. The first-order valence-corrected chi connectivity index (χ1v) is 8.24. The van der Waals surface area contributed by atoms with E-state index in [1.165, 1.54) is 11.8 Å². The number of hydrogen-bond acceptors (Lipinski definition) is 4. The van der Waals surface area contributed by atoms with E-state index in [1.807, 2.05) is 49.7 Å². The van der Waals surface area contributed by atoms with Crippen molar-refractivity contribution in [2.24, 2.45) is 5.10 Å². The molecule has 2 aromatic rings. The van der Waals surface area contributed by atoms with E-state index in [9.17, 15) is 0 Å². The molecule has 0 fully saturated rings. The van der Waals surface area contributed by atoms with Crippen LogP contribution in [0.3, 0.4) is 0 Å². The predicted molar refractivity (Wildman–Crippen MR) is 92.0 cm³/mol. The van der Waals surface area contributed by atoms with Crippen LogP contribution in [0.2, 0.25) is 0 Å². The van der Waals surface area contributed by atoms with Gasteiger partial charge in [0.1, 0.15) is 0 Å². The van der Waals surface area contributed by atoms with Crippen LogP contribution in [0.5, 0.6) is 0 Å². The van der Waals surface area contributed by atoms with Crippen molar-refractivity contribution >= 4 is 34.8 Å². The zero-order valence-corrected chi connectivity index (χ0v) is 13.4. The largest absolute Gasteiger partial charge is 0.340 e. The summed E-state index contributed by atoms with van der Waals surface area (Å²) in [7, 11) is 1.88. The molecule has 0 saturated carbocycles. The molecule has 21 heavy (non-hydrogen) atoms. The zero-order valence-electron chi connectivity index (χ0n) is 11.9. The molecule has 3 nitrogen and oxygen atoms in total. The molecule has 1 unspecified atom stereocenters. The quantitative estimate of drug-likeness (QED) is 0.670. The monoisotopic (exact) mass is 317 g/mol. The number of thioether (sulfide) groups is 1. The second-order valence-electron chi connectivity index (χ2n) is 4.77. The number of nitrogens with zero attached hydrogens (tertiary/aromatic N) is 2. The van der Waals surface area contributed by atoms with Crippen molar-refractivity contribution in [3.05, 3.63) is 65.7 Å². The summed E-state index contributed by atoms with van der Waals surface area (Å²) >= 11 is 8.17. The molecule has 2 aromatic carbocycles. The molecule has 1 aliphatic heterocycles. The van der Waals surface area contributed by atoms with Crippen molar-refractivity contribution in [1.82, 2.24) is 5.01 Å². The first-order valence-electron chi connectivity index (χ1n) is 6.63. The van der Waals surface area contributed by atoms with Gasteiger partial charge in [0.05, 0.1) is 5.71 Å². The number of benzene rings is 2. The van der Waals surface area contributed by atoms with E-state index < -0.39 is 4.45 Å². The van der Waals surface area contributed by atoms with E-state index in [2.05, 4.69) is 23.5 Å². The lowest BCUT2D eigenvalue weighted by Crippen LogP contribution is -2.41. The van der Waals surface area contributed by atoms with Gasteiger partial charge in [-0.05, 0) is 12.3 Å². The van der Waals surface area contributed by atoms with Gasteiger partial charge in [-0.1, -0.05) is 71.9 Å². The fourth-order valence-corrected chi connectivity index (χ4v) is 2.96. The first kappa shape index (κ1) is 14.3. The molecule has 0 radical (unpaired) electrons. The van der Waals surface area contributed by atoms with Gasteiger partial charge < -0.3 is 5.32 Å². The number of alkyl halides is 1. The van der Waals surface area contributed by atoms with Crippen LogP contribution in [0.15, 0.2) is 59.7 Å². The molecule has 0 bridgehead atoms. The third kappa shape index (κ3) is 2.61. The lowest BCUT2D eigenvalue weighted by molar-refractivity contribution is 0.324. The van der Waals surface area contributed by atoms with Crippen LogP contribution < -0.4 is 5.32 Å². The Morgan fingerprint density at radius 1 is 1.10 bits per heavy atom. The number of anilines is 1. The molecule has 0 amide bonds. The first-order chi connectivity index (χ1) is 10.1. The fraction of sp³-hybridized carbons (Fsp3) is 0.188. The van der Waals surface area contributed by atoms with Crippen LogP contribution in [0, 0.1) is 0 Å². The summed E-state index contributed by atoms with van der Waals surface area (Å²) in [6.07, 6.45) is 1.96. The SMILES string of the molecule is CSC1(Cl)Nc2ccccc2C(c2ccccc2)=NN1C. The Balaban J connectivity index is 2.20. The lowest BCUT2D eigenvalue weighted by atomic mass is 10.0. The highest BCUT2D eigenvalue weighted by Gasteiger charge is 2.34. The minimum Gasteiger partial charge on any atom is -0.340 e. The molecule has 1 aliphatic rings. The topological polar surface area (TPSA) is 27.6 Å². The van der Waals surface area contributed by atoms with Crippen LogP contribution in [-0.2, 0) is 0 Å². The number of rotatable bonds is 2. The number of halogens is 1. The number of hydrazone groups is 1. The van der Waals surface area contributed by atoms with E-state index in [0.29, 0.717) is 0 Å². The Bertz CT molecular complexity index is 674. The zero-order chi connectivity index (χ0) is 14.9. The maximum absolute atomic E-state index is 6.67. The second kappa shape index (κ2) is 5.62. The summed E-state index contributed by atoms with van der Waals surface area (Å²) in [5.74, 6) is 0. The van der Waals surface area contributed by atoms with E-state index in [0.717, 1.165) is 22.5 Å². The van der Waals surface area contributed by atoms with Gasteiger partial charge in [-0.25, -0.2) is 0 Å². The molecular formula is C16H16ClN3S. The smallest absolute Gasteiger partial charge is 0.252 e. The summed E-state index contributed by atoms with van der Waals surface area (Å²) in [4.78, 5) is 0. The highest BCUT2D eigenvalue weighted by Crippen LogP contribution is 2.37. The Labute approximate surface area is 134 Å². The Kier molecular flexibility index (Phi) is 3.83. The average molecular weight is 318 g/mol. The number of nitrogens with one attached hydrogen (secondary N) is 1. The second-order valence-corrected chi connectivity index (χ2v) is 6.54. The highest BCUT2D eigenvalue weighted by atomic mass is 35.5. The molecule has 5 heteroatoms. The third-order valence-corrected chi connectivity index (χ3v) is 5.16. The number of hydrogen-bond donors (Lipinski definition) is 1.